The van der Waals surface area contributed by atoms with Crippen molar-refractivity contribution < 1.29 is 8.85 Å². The summed E-state index contributed by atoms with van der Waals surface area (Å²) >= 11 is 0. The van der Waals surface area contributed by atoms with E-state index in [9.17, 15) is 0 Å². The maximum absolute atomic E-state index is 7.21. The Morgan fingerprint density at radius 2 is 1.25 bits per heavy atom. The standard InChI is InChI=1S/C27H43NO2Si2/c1-26(2,3)31(7,8)29-20-19-28-21-23(22-28)30-32(27(4,5)6,24-15-11-9-12-16-24)25-17-13-10-14-18-25/h9-18,23H,19-22H2,1-8H3. The van der Waals surface area contributed by atoms with Crippen molar-refractivity contribution in [2.75, 3.05) is 26.2 Å². The summed E-state index contributed by atoms with van der Waals surface area (Å²) in [5.74, 6) is 0. The highest BCUT2D eigenvalue weighted by atomic mass is 28.4. The van der Waals surface area contributed by atoms with Crippen LogP contribution >= 0.6 is 0 Å². The molecule has 1 aliphatic heterocycles. The van der Waals surface area contributed by atoms with Gasteiger partial charge in [-0.1, -0.05) is 102 Å². The third-order valence-electron chi connectivity index (χ3n) is 7.36. The lowest BCUT2D eigenvalue weighted by Crippen LogP contribution is -2.70. The van der Waals surface area contributed by atoms with Gasteiger partial charge in [-0.05, 0) is 33.5 Å². The molecule has 3 rings (SSSR count). The number of rotatable bonds is 8. The molecule has 1 heterocycles. The van der Waals surface area contributed by atoms with Crippen LogP contribution in [0.2, 0.25) is 23.2 Å². The molecule has 2 aromatic rings. The van der Waals surface area contributed by atoms with E-state index in [4.69, 9.17) is 8.85 Å². The van der Waals surface area contributed by atoms with Gasteiger partial charge in [0, 0.05) is 26.2 Å². The van der Waals surface area contributed by atoms with Crippen LogP contribution in [0.15, 0.2) is 60.7 Å². The van der Waals surface area contributed by atoms with Crippen LogP contribution in [0.25, 0.3) is 0 Å². The molecule has 0 saturated carbocycles. The van der Waals surface area contributed by atoms with Crippen LogP contribution in [0, 0.1) is 0 Å². The summed E-state index contributed by atoms with van der Waals surface area (Å²) in [4.78, 5) is 2.48. The molecular formula is C27H43NO2Si2. The molecule has 3 nitrogen and oxygen atoms in total. The number of hydrogen-bond acceptors (Lipinski definition) is 3. The van der Waals surface area contributed by atoms with Crippen molar-refractivity contribution in [2.45, 2.75) is 70.8 Å². The van der Waals surface area contributed by atoms with Crippen molar-refractivity contribution in [2.24, 2.45) is 0 Å². The molecule has 5 heteroatoms. The van der Waals surface area contributed by atoms with Gasteiger partial charge in [-0.25, -0.2) is 0 Å². The normalized spacial score (nSPS) is 16.8. The molecule has 0 bridgehead atoms. The molecule has 0 unspecified atom stereocenters. The summed E-state index contributed by atoms with van der Waals surface area (Å²) in [7, 11) is -4.13. The van der Waals surface area contributed by atoms with Gasteiger partial charge in [0.1, 0.15) is 0 Å². The minimum absolute atomic E-state index is 0.0293. The predicted octanol–water partition coefficient (Wildman–Crippen LogP) is 5.27. The lowest BCUT2D eigenvalue weighted by Gasteiger charge is -2.49. The van der Waals surface area contributed by atoms with Crippen LogP contribution in [0.3, 0.4) is 0 Å². The molecule has 2 aromatic carbocycles. The summed E-state index contributed by atoms with van der Waals surface area (Å²) in [6.07, 6.45) is 0.272. The Hall–Kier alpha value is -1.25. The molecule has 0 aliphatic carbocycles. The van der Waals surface area contributed by atoms with Crippen LogP contribution < -0.4 is 10.4 Å². The smallest absolute Gasteiger partial charge is 0.261 e. The minimum Gasteiger partial charge on any atom is -0.416 e. The maximum atomic E-state index is 7.21. The van der Waals surface area contributed by atoms with Gasteiger partial charge in [-0.15, -0.1) is 0 Å². The largest absolute Gasteiger partial charge is 0.416 e. The van der Waals surface area contributed by atoms with Crippen molar-refractivity contribution in [3.63, 3.8) is 0 Å². The van der Waals surface area contributed by atoms with Gasteiger partial charge in [-0.2, -0.15) is 0 Å². The van der Waals surface area contributed by atoms with Gasteiger partial charge in [0.25, 0.3) is 8.32 Å². The van der Waals surface area contributed by atoms with Crippen molar-refractivity contribution >= 4 is 27.0 Å². The van der Waals surface area contributed by atoms with E-state index in [0.717, 1.165) is 26.2 Å². The minimum atomic E-state index is -2.45. The van der Waals surface area contributed by atoms with Crippen LogP contribution in [-0.2, 0) is 8.85 Å². The topological polar surface area (TPSA) is 21.7 Å². The summed E-state index contributed by atoms with van der Waals surface area (Å²) in [5, 5.41) is 3.01. The zero-order valence-corrected chi connectivity index (χ0v) is 23.4. The number of likely N-dealkylation sites (tertiary alicyclic amines) is 1. The maximum Gasteiger partial charge on any atom is 0.261 e. The Morgan fingerprint density at radius 1 is 0.781 bits per heavy atom. The van der Waals surface area contributed by atoms with Gasteiger partial charge in [-0.3, -0.25) is 4.90 Å². The summed E-state index contributed by atoms with van der Waals surface area (Å²) < 4.78 is 13.6. The Bertz CT molecular complexity index is 811. The van der Waals surface area contributed by atoms with E-state index in [0.29, 0.717) is 0 Å². The van der Waals surface area contributed by atoms with Crippen LogP contribution in [0.4, 0.5) is 0 Å². The Balaban J connectivity index is 1.72. The molecule has 0 aromatic heterocycles. The van der Waals surface area contributed by atoms with Gasteiger partial charge < -0.3 is 8.85 Å². The Morgan fingerprint density at radius 3 is 1.66 bits per heavy atom. The molecule has 1 saturated heterocycles. The molecule has 0 atom stereocenters. The summed E-state index contributed by atoms with van der Waals surface area (Å²) in [6, 6.07) is 21.9. The zero-order chi connectivity index (χ0) is 23.6. The number of hydrogen-bond donors (Lipinski definition) is 0. The van der Waals surface area contributed by atoms with Gasteiger partial charge in [0.2, 0.25) is 0 Å². The lowest BCUT2D eigenvalue weighted by atomic mass is 10.2. The van der Waals surface area contributed by atoms with E-state index < -0.39 is 16.6 Å². The molecule has 0 amide bonds. The molecule has 0 spiro atoms. The van der Waals surface area contributed by atoms with Crippen LogP contribution in [0.1, 0.15) is 41.5 Å². The molecule has 0 radical (unpaired) electrons. The lowest BCUT2D eigenvalue weighted by molar-refractivity contribution is 0.00565. The average molecular weight is 470 g/mol. The summed E-state index contributed by atoms with van der Waals surface area (Å²) in [5.41, 5.74) is 0. The molecule has 1 fully saturated rings. The van der Waals surface area contributed by atoms with E-state index in [1.807, 2.05) is 0 Å². The highest BCUT2D eigenvalue weighted by molar-refractivity contribution is 6.99. The quantitative estimate of drug-likeness (QED) is 0.492. The zero-order valence-electron chi connectivity index (χ0n) is 21.4. The average Bonchev–Trinajstić information content (AvgIpc) is 2.68. The second-order valence-corrected chi connectivity index (χ2v) is 20.8. The first-order valence-electron chi connectivity index (χ1n) is 12.0. The first-order valence-corrected chi connectivity index (χ1v) is 16.8. The molecule has 176 valence electrons. The predicted molar refractivity (Wildman–Crippen MR) is 142 cm³/mol. The van der Waals surface area contributed by atoms with Gasteiger partial charge in [0.15, 0.2) is 8.32 Å². The summed E-state index contributed by atoms with van der Waals surface area (Å²) in [6.45, 7) is 22.4. The third-order valence-corrected chi connectivity index (χ3v) is 17.0. The molecule has 0 N–H and O–H groups in total. The van der Waals surface area contributed by atoms with Gasteiger partial charge in [0.05, 0.1) is 6.10 Å². The van der Waals surface area contributed by atoms with E-state index in [1.165, 1.54) is 10.4 Å². The highest BCUT2D eigenvalue weighted by Gasteiger charge is 2.52. The van der Waals surface area contributed by atoms with Crippen molar-refractivity contribution in [1.82, 2.24) is 4.90 Å². The molecular weight excluding hydrogens is 426 g/mol. The first-order chi connectivity index (χ1) is 14.9. The van der Waals surface area contributed by atoms with Crippen LogP contribution in [0.5, 0.6) is 0 Å². The van der Waals surface area contributed by atoms with Crippen LogP contribution in [-0.4, -0.2) is 53.9 Å². The Labute approximate surface area is 198 Å². The van der Waals surface area contributed by atoms with Crippen molar-refractivity contribution in [3.05, 3.63) is 60.7 Å². The van der Waals surface area contributed by atoms with Gasteiger partial charge >= 0.3 is 0 Å². The SMILES string of the molecule is CC(C)(C)[Si](C)(C)OCCN1CC(O[Si](c2ccccc2)(c2ccccc2)C(C)(C)C)C1. The second kappa shape index (κ2) is 9.55. The fourth-order valence-corrected chi connectivity index (χ4v) is 10.1. The van der Waals surface area contributed by atoms with E-state index in [1.54, 1.807) is 0 Å². The first kappa shape index (κ1) is 25.4. The fourth-order valence-electron chi connectivity index (χ4n) is 4.37. The van der Waals surface area contributed by atoms with E-state index >= 15 is 0 Å². The van der Waals surface area contributed by atoms with Crippen molar-refractivity contribution in [1.29, 1.82) is 0 Å². The molecule has 1 aliphatic rings. The van der Waals surface area contributed by atoms with Crippen molar-refractivity contribution in [3.8, 4) is 0 Å². The second-order valence-electron chi connectivity index (χ2n) is 11.8. The number of nitrogens with zero attached hydrogens (tertiary/aromatic N) is 1. The number of benzene rings is 2. The molecule has 32 heavy (non-hydrogen) atoms. The van der Waals surface area contributed by atoms with E-state index in [2.05, 4.69) is 120 Å². The monoisotopic (exact) mass is 469 g/mol. The van der Waals surface area contributed by atoms with E-state index in [-0.39, 0.29) is 16.2 Å². The Kier molecular flexibility index (Phi) is 7.57. The fraction of sp³-hybridized carbons (Fsp3) is 0.556. The highest BCUT2D eigenvalue weighted by Crippen LogP contribution is 2.39. The third kappa shape index (κ3) is 5.28.